The van der Waals surface area contributed by atoms with E-state index in [2.05, 4.69) is 25.9 Å². The molecule has 4 heteroatoms. The molecule has 1 atom stereocenters. The Labute approximate surface area is 119 Å². The fraction of sp³-hybridized carbons (Fsp3) is 0.375. The molecule has 0 saturated carbocycles. The number of rotatable bonds is 2. The van der Waals surface area contributed by atoms with E-state index in [4.69, 9.17) is 5.73 Å². The van der Waals surface area contributed by atoms with Crippen molar-refractivity contribution in [1.29, 1.82) is 0 Å². The Morgan fingerprint density at radius 1 is 1.20 bits per heavy atom. The molecular formula is C16H21N3O. The first-order valence-corrected chi connectivity index (χ1v) is 6.70. The third-order valence-electron chi connectivity index (χ3n) is 3.35. The van der Waals surface area contributed by atoms with Crippen LogP contribution in [0.4, 0.5) is 0 Å². The van der Waals surface area contributed by atoms with Crippen LogP contribution in [0.3, 0.4) is 0 Å². The summed E-state index contributed by atoms with van der Waals surface area (Å²) in [6.07, 6.45) is 0. The fourth-order valence-corrected chi connectivity index (χ4v) is 2.06. The van der Waals surface area contributed by atoms with Gasteiger partial charge in [-0.2, -0.15) is 5.10 Å². The topological polar surface area (TPSA) is 60.9 Å². The molecule has 0 aliphatic heterocycles. The molecule has 0 bridgehead atoms. The Kier molecular flexibility index (Phi) is 3.77. The molecule has 20 heavy (non-hydrogen) atoms. The average Bonchev–Trinajstić information content (AvgIpc) is 2.40. The number of aromatic nitrogens is 2. The quantitative estimate of drug-likeness (QED) is 0.910. The van der Waals surface area contributed by atoms with E-state index in [1.54, 1.807) is 7.05 Å². The summed E-state index contributed by atoms with van der Waals surface area (Å²) in [5.74, 6) is 0. The van der Waals surface area contributed by atoms with Gasteiger partial charge in [0.1, 0.15) is 0 Å². The summed E-state index contributed by atoms with van der Waals surface area (Å²) in [4.78, 5) is 12.3. The zero-order valence-corrected chi connectivity index (χ0v) is 12.4. The smallest absolute Gasteiger partial charge is 0.271 e. The van der Waals surface area contributed by atoms with Gasteiger partial charge in [-0.3, -0.25) is 4.79 Å². The van der Waals surface area contributed by atoms with Crippen molar-refractivity contribution in [3.8, 4) is 0 Å². The van der Waals surface area contributed by atoms with Crippen molar-refractivity contribution in [3.63, 3.8) is 0 Å². The van der Waals surface area contributed by atoms with Crippen LogP contribution in [0.2, 0.25) is 0 Å². The highest BCUT2D eigenvalue weighted by Gasteiger charge is 2.21. The van der Waals surface area contributed by atoms with E-state index in [1.807, 2.05) is 36.4 Å². The second-order valence-electron chi connectivity index (χ2n) is 6.05. The average molecular weight is 271 g/mol. The maximum atomic E-state index is 12.3. The second-order valence-corrected chi connectivity index (χ2v) is 6.05. The number of hydrogen-bond acceptors (Lipinski definition) is 3. The number of aryl methyl sites for hydroxylation is 1. The van der Waals surface area contributed by atoms with E-state index >= 15 is 0 Å². The molecule has 4 nitrogen and oxygen atoms in total. The summed E-state index contributed by atoms with van der Waals surface area (Å²) in [6.45, 7) is 6.20. The van der Waals surface area contributed by atoms with Crippen LogP contribution in [0.25, 0.3) is 0 Å². The maximum absolute atomic E-state index is 12.3. The highest BCUT2D eigenvalue weighted by molar-refractivity contribution is 5.31. The Morgan fingerprint density at radius 3 is 2.35 bits per heavy atom. The van der Waals surface area contributed by atoms with Gasteiger partial charge in [0.15, 0.2) is 0 Å². The second kappa shape index (κ2) is 5.21. The van der Waals surface area contributed by atoms with Gasteiger partial charge in [-0.05, 0) is 11.6 Å². The summed E-state index contributed by atoms with van der Waals surface area (Å²) in [5, 5.41) is 4.33. The van der Waals surface area contributed by atoms with E-state index in [0.29, 0.717) is 5.56 Å². The van der Waals surface area contributed by atoms with Crippen LogP contribution in [-0.4, -0.2) is 9.78 Å². The highest BCUT2D eigenvalue weighted by atomic mass is 16.1. The molecule has 0 saturated heterocycles. The van der Waals surface area contributed by atoms with E-state index in [0.717, 1.165) is 11.3 Å². The van der Waals surface area contributed by atoms with Crippen molar-refractivity contribution in [3.05, 3.63) is 63.6 Å². The molecule has 1 unspecified atom stereocenters. The van der Waals surface area contributed by atoms with Crippen LogP contribution in [0.1, 0.15) is 43.6 Å². The monoisotopic (exact) mass is 271 g/mol. The van der Waals surface area contributed by atoms with Crippen molar-refractivity contribution in [1.82, 2.24) is 9.78 Å². The molecule has 0 spiro atoms. The molecule has 2 aromatic rings. The molecule has 106 valence electrons. The van der Waals surface area contributed by atoms with Gasteiger partial charge in [0.2, 0.25) is 0 Å². The van der Waals surface area contributed by atoms with E-state index < -0.39 is 6.04 Å². The van der Waals surface area contributed by atoms with Gasteiger partial charge >= 0.3 is 0 Å². The summed E-state index contributed by atoms with van der Waals surface area (Å²) in [5.41, 5.74) is 8.36. The van der Waals surface area contributed by atoms with Crippen molar-refractivity contribution < 1.29 is 0 Å². The van der Waals surface area contributed by atoms with Gasteiger partial charge in [0.25, 0.3) is 5.56 Å². The van der Waals surface area contributed by atoms with Crippen LogP contribution in [0.5, 0.6) is 0 Å². The SMILES string of the molecule is Cn1nc(C(C)(C)C)cc(C(N)c2ccccc2)c1=O. The van der Waals surface area contributed by atoms with Crippen LogP contribution in [0.15, 0.2) is 41.2 Å². The molecule has 0 aliphatic carbocycles. The van der Waals surface area contributed by atoms with E-state index in [9.17, 15) is 4.79 Å². The zero-order valence-electron chi connectivity index (χ0n) is 12.4. The summed E-state index contributed by atoms with van der Waals surface area (Å²) in [6, 6.07) is 11.0. The normalized spacial score (nSPS) is 13.2. The van der Waals surface area contributed by atoms with Crippen molar-refractivity contribution in [2.75, 3.05) is 0 Å². The van der Waals surface area contributed by atoms with E-state index in [1.165, 1.54) is 4.68 Å². The number of hydrogen-bond donors (Lipinski definition) is 1. The lowest BCUT2D eigenvalue weighted by Gasteiger charge is -2.21. The van der Waals surface area contributed by atoms with Crippen molar-refractivity contribution >= 4 is 0 Å². The molecule has 2 rings (SSSR count). The lowest BCUT2D eigenvalue weighted by molar-refractivity contribution is 0.525. The first kappa shape index (κ1) is 14.5. The molecule has 0 amide bonds. The van der Waals surface area contributed by atoms with Crippen LogP contribution < -0.4 is 11.3 Å². The van der Waals surface area contributed by atoms with Gasteiger partial charge in [-0.25, -0.2) is 4.68 Å². The van der Waals surface area contributed by atoms with Gasteiger partial charge in [0, 0.05) is 18.0 Å². The Hall–Kier alpha value is -1.94. The highest BCUT2D eigenvalue weighted by Crippen LogP contribution is 2.23. The minimum Gasteiger partial charge on any atom is -0.320 e. The Balaban J connectivity index is 2.57. The lowest BCUT2D eigenvalue weighted by atomic mass is 9.90. The molecule has 2 N–H and O–H groups in total. The predicted octanol–water partition coefficient (Wildman–Crippen LogP) is 2.13. The first-order chi connectivity index (χ1) is 9.30. The largest absolute Gasteiger partial charge is 0.320 e. The third kappa shape index (κ3) is 2.80. The first-order valence-electron chi connectivity index (χ1n) is 6.70. The standard InChI is InChI=1S/C16H21N3O/c1-16(2,3)13-10-12(15(20)19(4)18-13)14(17)11-8-6-5-7-9-11/h5-10,14H,17H2,1-4H3. The summed E-state index contributed by atoms with van der Waals surface area (Å²) >= 11 is 0. The molecule has 0 radical (unpaired) electrons. The molecule has 0 fully saturated rings. The lowest BCUT2D eigenvalue weighted by Crippen LogP contribution is -2.32. The van der Waals surface area contributed by atoms with Crippen LogP contribution >= 0.6 is 0 Å². The number of nitrogens with zero attached hydrogens (tertiary/aromatic N) is 2. The molecule has 1 aromatic carbocycles. The minimum atomic E-state index is -0.431. The van der Waals surface area contributed by atoms with Gasteiger partial charge < -0.3 is 5.73 Å². The fourth-order valence-electron chi connectivity index (χ4n) is 2.06. The zero-order chi connectivity index (χ0) is 14.9. The predicted molar refractivity (Wildman–Crippen MR) is 80.7 cm³/mol. The van der Waals surface area contributed by atoms with Gasteiger partial charge in [0.05, 0.1) is 11.7 Å². The van der Waals surface area contributed by atoms with Crippen molar-refractivity contribution in [2.45, 2.75) is 32.2 Å². The molecule has 1 aromatic heterocycles. The van der Waals surface area contributed by atoms with E-state index in [-0.39, 0.29) is 11.0 Å². The van der Waals surface area contributed by atoms with Gasteiger partial charge in [-0.1, -0.05) is 51.1 Å². The molecule has 0 aliphatic rings. The molecular weight excluding hydrogens is 250 g/mol. The summed E-state index contributed by atoms with van der Waals surface area (Å²) < 4.78 is 1.37. The molecule has 1 heterocycles. The Bertz CT molecular complexity index is 654. The third-order valence-corrected chi connectivity index (χ3v) is 3.35. The number of benzene rings is 1. The van der Waals surface area contributed by atoms with Crippen LogP contribution in [0, 0.1) is 0 Å². The number of nitrogens with two attached hydrogens (primary N) is 1. The van der Waals surface area contributed by atoms with Crippen LogP contribution in [-0.2, 0) is 12.5 Å². The van der Waals surface area contributed by atoms with Gasteiger partial charge in [-0.15, -0.1) is 0 Å². The minimum absolute atomic E-state index is 0.128. The van der Waals surface area contributed by atoms with Crippen molar-refractivity contribution in [2.24, 2.45) is 12.8 Å². The Morgan fingerprint density at radius 2 is 1.80 bits per heavy atom. The summed E-state index contributed by atoms with van der Waals surface area (Å²) in [7, 11) is 1.67. The maximum Gasteiger partial charge on any atom is 0.271 e.